The number of carbonyl (C=O) groups excluding carboxylic acids is 2. The highest BCUT2D eigenvalue weighted by atomic mass is 79.9. The third-order valence-corrected chi connectivity index (χ3v) is 7.01. The molecule has 0 atom stereocenters. The first kappa shape index (κ1) is 26.8. The summed E-state index contributed by atoms with van der Waals surface area (Å²) in [4.78, 5) is 24.6. The van der Waals surface area contributed by atoms with E-state index in [0.29, 0.717) is 22.3 Å². The molecule has 0 amide bonds. The van der Waals surface area contributed by atoms with Crippen molar-refractivity contribution in [1.82, 2.24) is 0 Å². The van der Waals surface area contributed by atoms with Gasteiger partial charge in [0, 0.05) is 26.7 Å². The molecule has 1 N–H and O–H groups in total. The van der Waals surface area contributed by atoms with E-state index in [0.717, 1.165) is 26.4 Å². The number of fused-ring (bicyclic) bond motifs is 1. The van der Waals surface area contributed by atoms with Crippen LogP contribution in [0.4, 0.5) is 0 Å². The number of ketones is 2. The van der Waals surface area contributed by atoms with Crippen molar-refractivity contribution in [2.75, 3.05) is 0 Å². The molecule has 0 bridgehead atoms. The number of hydrogen-bond acceptors (Lipinski definition) is 3. The van der Waals surface area contributed by atoms with Crippen LogP contribution in [0.3, 0.4) is 0 Å². The SMILES string of the molecule is O=C(c1ccccc1)c1ccc(-c2ccc(Br)cc2)cc1.O=C(c1ccccc1)c1ccc2cc(O)ccc2c1. The zero-order valence-electron chi connectivity index (χ0n) is 21.5. The molecule has 0 aromatic heterocycles. The van der Waals surface area contributed by atoms with Crippen LogP contribution >= 0.6 is 15.9 Å². The zero-order chi connectivity index (χ0) is 27.9. The van der Waals surface area contributed by atoms with E-state index in [-0.39, 0.29) is 17.3 Å². The van der Waals surface area contributed by atoms with Crippen LogP contribution in [0, 0.1) is 0 Å². The molecule has 0 aliphatic heterocycles. The average molecular weight is 585 g/mol. The third-order valence-electron chi connectivity index (χ3n) is 6.48. The molecule has 0 saturated heterocycles. The van der Waals surface area contributed by atoms with Crippen molar-refractivity contribution in [3.63, 3.8) is 0 Å². The van der Waals surface area contributed by atoms with Crippen LogP contribution < -0.4 is 0 Å². The van der Waals surface area contributed by atoms with Crippen LogP contribution in [0.1, 0.15) is 31.8 Å². The van der Waals surface area contributed by atoms with Crippen LogP contribution in [0.25, 0.3) is 21.9 Å². The predicted molar refractivity (Wildman–Crippen MR) is 165 cm³/mol. The second-order valence-electron chi connectivity index (χ2n) is 9.22. The minimum atomic E-state index is 0.00979. The second-order valence-corrected chi connectivity index (χ2v) is 10.1. The van der Waals surface area contributed by atoms with E-state index in [1.165, 1.54) is 0 Å². The van der Waals surface area contributed by atoms with E-state index in [1.807, 2.05) is 115 Å². The van der Waals surface area contributed by atoms with Crippen molar-refractivity contribution < 1.29 is 14.7 Å². The Labute approximate surface area is 241 Å². The molecule has 4 heteroatoms. The minimum absolute atomic E-state index is 0.00979. The number of halogens is 1. The molecule has 0 unspecified atom stereocenters. The molecule has 0 saturated carbocycles. The first-order chi connectivity index (χ1) is 19.5. The fourth-order valence-electron chi connectivity index (χ4n) is 4.34. The number of phenolic OH excluding ortho intramolecular Hbond substituents is 1. The highest BCUT2D eigenvalue weighted by Gasteiger charge is 2.10. The van der Waals surface area contributed by atoms with Gasteiger partial charge in [0.1, 0.15) is 5.75 Å². The standard InChI is InChI=1S/C19H13BrO.C17H12O2/c20-18-12-10-15(11-13-18)14-6-8-17(9-7-14)19(21)16-4-2-1-3-5-16;18-16-9-8-13-10-15(7-6-14(13)11-16)17(19)12-4-2-1-3-5-12/h1-13H;1-11,18H. The summed E-state index contributed by atoms with van der Waals surface area (Å²) in [6.45, 7) is 0. The van der Waals surface area contributed by atoms with E-state index >= 15 is 0 Å². The van der Waals surface area contributed by atoms with E-state index in [1.54, 1.807) is 18.2 Å². The molecule has 0 radical (unpaired) electrons. The van der Waals surface area contributed by atoms with Gasteiger partial charge in [-0.05, 0) is 52.2 Å². The van der Waals surface area contributed by atoms with Crippen molar-refractivity contribution in [3.8, 4) is 16.9 Å². The summed E-state index contributed by atoms with van der Waals surface area (Å²) in [6, 6.07) is 45.0. The van der Waals surface area contributed by atoms with E-state index < -0.39 is 0 Å². The van der Waals surface area contributed by atoms with Gasteiger partial charge in [0.15, 0.2) is 11.6 Å². The monoisotopic (exact) mass is 584 g/mol. The molecule has 0 aliphatic rings. The van der Waals surface area contributed by atoms with Crippen molar-refractivity contribution in [3.05, 3.63) is 172 Å². The molecule has 40 heavy (non-hydrogen) atoms. The highest BCUT2D eigenvalue weighted by Crippen LogP contribution is 2.24. The van der Waals surface area contributed by atoms with Gasteiger partial charge in [-0.2, -0.15) is 0 Å². The van der Waals surface area contributed by atoms with Crippen LogP contribution in [0.15, 0.2) is 150 Å². The number of rotatable bonds is 5. The lowest BCUT2D eigenvalue weighted by Crippen LogP contribution is -2.00. The zero-order valence-corrected chi connectivity index (χ0v) is 23.1. The first-order valence-corrected chi connectivity index (χ1v) is 13.6. The molecule has 0 spiro atoms. The Morgan fingerprint density at radius 1 is 0.450 bits per heavy atom. The van der Waals surface area contributed by atoms with E-state index in [9.17, 15) is 14.7 Å². The number of benzene rings is 6. The molecule has 0 fully saturated rings. The normalized spacial score (nSPS) is 10.4. The Hall–Kier alpha value is -4.80. The van der Waals surface area contributed by atoms with Gasteiger partial charge in [-0.3, -0.25) is 9.59 Å². The van der Waals surface area contributed by atoms with Gasteiger partial charge in [0.05, 0.1) is 0 Å². The number of phenols is 1. The Bertz CT molecular complexity index is 1760. The minimum Gasteiger partial charge on any atom is -0.508 e. The summed E-state index contributed by atoms with van der Waals surface area (Å²) in [5.74, 6) is 0.295. The van der Waals surface area contributed by atoms with Crippen LogP contribution in [0.2, 0.25) is 0 Å². The molecule has 6 aromatic rings. The summed E-state index contributed by atoms with van der Waals surface area (Å²) in [5.41, 5.74) is 5.00. The van der Waals surface area contributed by atoms with Gasteiger partial charge in [-0.1, -0.05) is 131 Å². The summed E-state index contributed by atoms with van der Waals surface area (Å²) in [7, 11) is 0. The topological polar surface area (TPSA) is 54.4 Å². The van der Waals surface area contributed by atoms with E-state index in [2.05, 4.69) is 28.1 Å². The molecule has 194 valence electrons. The van der Waals surface area contributed by atoms with E-state index in [4.69, 9.17) is 0 Å². The Balaban J connectivity index is 0.000000162. The lowest BCUT2D eigenvalue weighted by atomic mass is 9.99. The number of carbonyl (C=O) groups is 2. The van der Waals surface area contributed by atoms with Gasteiger partial charge in [-0.15, -0.1) is 0 Å². The first-order valence-electron chi connectivity index (χ1n) is 12.8. The Morgan fingerprint density at radius 3 is 1.45 bits per heavy atom. The fraction of sp³-hybridized carbons (Fsp3) is 0. The summed E-state index contributed by atoms with van der Waals surface area (Å²) in [6.07, 6.45) is 0. The molecule has 0 aliphatic carbocycles. The van der Waals surface area contributed by atoms with Crippen molar-refractivity contribution in [2.45, 2.75) is 0 Å². The quantitative estimate of drug-likeness (QED) is 0.205. The van der Waals surface area contributed by atoms with Crippen LogP contribution in [-0.2, 0) is 0 Å². The van der Waals surface area contributed by atoms with Crippen molar-refractivity contribution in [2.24, 2.45) is 0 Å². The maximum Gasteiger partial charge on any atom is 0.193 e. The fourth-order valence-corrected chi connectivity index (χ4v) is 4.61. The van der Waals surface area contributed by atoms with Crippen LogP contribution in [0.5, 0.6) is 5.75 Å². The Kier molecular flexibility index (Phi) is 8.29. The largest absolute Gasteiger partial charge is 0.508 e. The maximum atomic E-state index is 12.3. The molecule has 3 nitrogen and oxygen atoms in total. The van der Waals surface area contributed by atoms with Gasteiger partial charge in [0.2, 0.25) is 0 Å². The summed E-state index contributed by atoms with van der Waals surface area (Å²) >= 11 is 3.43. The molecule has 0 heterocycles. The van der Waals surface area contributed by atoms with Gasteiger partial charge >= 0.3 is 0 Å². The molecule has 6 rings (SSSR count). The van der Waals surface area contributed by atoms with Gasteiger partial charge in [0.25, 0.3) is 0 Å². The molecular formula is C36H25BrO3. The lowest BCUT2D eigenvalue weighted by molar-refractivity contribution is 0.103. The van der Waals surface area contributed by atoms with Crippen molar-refractivity contribution >= 4 is 38.3 Å². The highest BCUT2D eigenvalue weighted by molar-refractivity contribution is 9.10. The number of aromatic hydroxyl groups is 1. The molecular weight excluding hydrogens is 560 g/mol. The number of hydrogen-bond donors (Lipinski definition) is 1. The van der Waals surface area contributed by atoms with Gasteiger partial charge in [-0.25, -0.2) is 0 Å². The maximum absolute atomic E-state index is 12.3. The predicted octanol–water partition coefficient (Wildman–Crippen LogP) is 9.12. The van der Waals surface area contributed by atoms with Crippen molar-refractivity contribution in [1.29, 1.82) is 0 Å². The second kappa shape index (κ2) is 12.4. The Morgan fingerprint density at radius 2 is 0.875 bits per heavy atom. The smallest absolute Gasteiger partial charge is 0.193 e. The van der Waals surface area contributed by atoms with Gasteiger partial charge < -0.3 is 5.11 Å². The summed E-state index contributed by atoms with van der Waals surface area (Å²) in [5, 5.41) is 11.3. The van der Waals surface area contributed by atoms with Crippen LogP contribution in [-0.4, -0.2) is 16.7 Å². The summed E-state index contributed by atoms with van der Waals surface area (Å²) < 4.78 is 1.06. The lowest BCUT2D eigenvalue weighted by Gasteiger charge is -2.05. The third kappa shape index (κ3) is 6.42. The average Bonchev–Trinajstić information content (AvgIpc) is 3.02. The molecule has 6 aromatic carbocycles.